The lowest BCUT2D eigenvalue weighted by molar-refractivity contribution is -0.159. The maximum atomic E-state index is 9.10. The van der Waals surface area contributed by atoms with Crippen LogP contribution in [0.1, 0.15) is 120 Å². The van der Waals surface area contributed by atoms with E-state index in [1.54, 1.807) is 32.0 Å². The van der Waals surface area contributed by atoms with Gasteiger partial charge in [-0.3, -0.25) is 0 Å². The number of aliphatic carboxylic acids is 2. The van der Waals surface area contributed by atoms with Gasteiger partial charge in [0, 0.05) is 9.75 Å². The van der Waals surface area contributed by atoms with Crippen molar-refractivity contribution in [3.63, 3.8) is 0 Å². The summed E-state index contributed by atoms with van der Waals surface area (Å²) < 4.78 is 0. The molecule has 2 fully saturated rings. The van der Waals surface area contributed by atoms with Gasteiger partial charge in [0.05, 0.1) is 0 Å². The fourth-order valence-electron chi connectivity index (χ4n) is 8.87. The third-order valence-electron chi connectivity index (χ3n) is 11.8. The van der Waals surface area contributed by atoms with E-state index >= 15 is 0 Å². The molecule has 2 unspecified atom stereocenters. The molecule has 52 heavy (non-hydrogen) atoms. The van der Waals surface area contributed by atoms with Crippen molar-refractivity contribution in [1.82, 2.24) is 9.80 Å². The van der Waals surface area contributed by atoms with E-state index in [2.05, 4.69) is 93.4 Å². The molecule has 8 rings (SSSR count). The highest BCUT2D eigenvalue weighted by Gasteiger charge is 2.26. The Labute approximate surface area is 318 Å². The molecule has 2 aromatic carbocycles. The molecule has 2 saturated heterocycles. The van der Waals surface area contributed by atoms with Gasteiger partial charge in [-0.2, -0.15) is 0 Å². The lowest BCUT2D eigenvalue weighted by Crippen LogP contribution is -2.34. The number of aryl methyl sites for hydroxylation is 2. The highest BCUT2D eigenvalue weighted by molar-refractivity contribution is 7.10. The first-order valence-corrected chi connectivity index (χ1v) is 21.3. The molecule has 0 amide bonds. The quantitative estimate of drug-likeness (QED) is 0.175. The van der Waals surface area contributed by atoms with E-state index in [9.17, 15) is 0 Å². The number of rotatable bonds is 8. The predicted molar refractivity (Wildman–Crippen MR) is 214 cm³/mol. The van der Waals surface area contributed by atoms with Crippen LogP contribution in [0, 0.1) is 0 Å². The lowest BCUT2D eigenvalue weighted by atomic mass is 9.85. The Morgan fingerprint density at radius 1 is 0.558 bits per heavy atom. The van der Waals surface area contributed by atoms with Crippen LogP contribution in [0.4, 0.5) is 0 Å². The minimum absolute atomic E-state index is 0.783. The van der Waals surface area contributed by atoms with Gasteiger partial charge in [0.15, 0.2) is 0 Å². The molecule has 0 spiro atoms. The molecular formula is C44H56N2O4S2. The first-order chi connectivity index (χ1) is 25.4. The van der Waals surface area contributed by atoms with Gasteiger partial charge in [0.1, 0.15) is 0 Å². The van der Waals surface area contributed by atoms with Gasteiger partial charge in [-0.1, -0.05) is 60.7 Å². The lowest BCUT2D eigenvalue weighted by Gasteiger charge is -2.33. The second-order valence-corrected chi connectivity index (χ2v) is 17.0. The van der Waals surface area contributed by atoms with Gasteiger partial charge in [0.25, 0.3) is 0 Å². The van der Waals surface area contributed by atoms with Crippen LogP contribution < -0.4 is 0 Å². The summed E-state index contributed by atoms with van der Waals surface area (Å²) in [5.74, 6) is -0.421. The van der Waals surface area contributed by atoms with Gasteiger partial charge in [-0.05, 0) is 185 Å². The second kappa shape index (κ2) is 19.7. The highest BCUT2D eigenvalue weighted by atomic mass is 32.1. The van der Waals surface area contributed by atoms with E-state index in [4.69, 9.17) is 19.8 Å². The number of nitrogens with zero attached hydrogens (tertiary/aromatic N) is 2. The second-order valence-electron chi connectivity index (χ2n) is 15.0. The maximum Gasteiger partial charge on any atom is 0.414 e. The Bertz CT molecular complexity index is 1530. The summed E-state index contributed by atoms with van der Waals surface area (Å²) in [6, 6.07) is 27.0. The van der Waals surface area contributed by atoms with Crippen molar-refractivity contribution in [3.05, 3.63) is 116 Å². The van der Waals surface area contributed by atoms with Gasteiger partial charge in [-0.15, -0.1) is 22.7 Å². The molecule has 0 bridgehead atoms. The van der Waals surface area contributed by atoms with E-state index < -0.39 is 11.9 Å². The van der Waals surface area contributed by atoms with Gasteiger partial charge >= 0.3 is 11.9 Å². The maximum absolute atomic E-state index is 9.10. The molecule has 2 aromatic heterocycles. The van der Waals surface area contributed by atoms with Crippen molar-refractivity contribution in [2.24, 2.45) is 0 Å². The fraction of sp³-hybridized carbons (Fsp3) is 0.500. The first kappa shape index (κ1) is 38.4. The number of likely N-dealkylation sites (tertiary alicyclic amines) is 2. The van der Waals surface area contributed by atoms with Crippen LogP contribution in [-0.4, -0.2) is 71.2 Å². The first-order valence-electron chi connectivity index (χ1n) is 19.6. The minimum Gasteiger partial charge on any atom is -0.473 e. The summed E-state index contributed by atoms with van der Waals surface area (Å²) >= 11 is 3.95. The summed E-state index contributed by atoms with van der Waals surface area (Å²) in [5.41, 5.74) is 6.45. The van der Waals surface area contributed by atoms with Crippen molar-refractivity contribution in [1.29, 1.82) is 0 Å². The van der Waals surface area contributed by atoms with Crippen LogP contribution in [0.2, 0.25) is 0 Å². The molecule has 2 aliphatic carbocycles. The molecule has 4 heterocycles. The summed E-state index contributed by atoms with van der Waals surface area (Å²) in [4.78, 5) is 27.0. The highest BCUT2D eigenvalue weighted by Crippen LogP contribution is 2.39. The molecule has 2 N–H and O–H groups in total. The zero-order valence-electron chi connectivity index (χ0n) is 30.5. The zero-order valence-corrected chi connectivity index (χ0v) is 32.2. The summed E-state index contributed by atoms with van der Waals surface area (Å²) in [6.45, 7) is 7.71. The van der Waals surface area contributed by atoms with Crippen LogP contribution in [0.3, 0.4) is 0 Å². The van der Waals surface area contributed by atoms with E-state index in [-0.39, 0.29) is 0 Å². The number of carboxylic acids is 2. The van der Waals surface area contributed by atoms with Crippen LogP contribution in [0.25, 0.3) is 0 Å². The number of thiophene rings is 2. The molecule has 0 saturated carbocycles. The number of hydrogen-bond acceptors (Lipinski definition) is 6. The van der Waals surface area contributed by atoms with E-state index in [0.717, 1.165) is 23.7 Å². The molecule has 4 aliphatic rings. The molecule has 0 radical (unpaired) electrons. The fourth-order valence-corrected chi connectivity index (χ4v) is 10.9. The van der Waals surface area contributed by atoms with Crippen molar-refractivity contribution < 1.29 is 19.8 Å². The number of hydrogen-bond donors (Lipinski definition) is 2. The van der Waals surface area contributed by atoms with Crippen molar-refractivity contribution in [2.75, 3.05) is 39.3 Å². The molecule has 278 valence electrons. The third kappa shape index (κ3) is 10.9. The molecule has 8 heteroatoms. The van der Waals surface area contributed by atoms with E-state index in [1.807, 2.05) is 22.7 Å². The third-order valence-corrected chi connectivity index (χ3v) is 13.8. The van der Waals surface area contributed by atoms with Crippen LogP contribution in [0.15, 0.2) is 83.6 Å². The number of fused-ring (bicyclic) bond motifs is 2. The Morgan fingerprint density at radius 3 is 1.31 bits per heavy atom. The number of carboxylic acid groups (broad SMARTS) is 2. The Morgan fingerprint density at radius 2 is 0.942 bits per heavy atom. The normalized spacial score (nSPS) is 21.1. The Kier molecular flexibility index (Phi) is 14.5. The van der Waals surface area contributed by atoms with E-state index in [0.29, 0.717) is 0 Å². The predicted octanol–water partition coefficient (Wildman–Crippen LogP) is 10.0. The minimum atomic E-state index is -1.82. The largest absolute Gasteiger partial charge is 0.473 e. The van der Waals surface area contributed by atoms with Crippen LogP contribution in [0.5, 0.6) is 0 Å². The molecule has 2 aliphatic heterocycles. The Hall–Kier alpha value is -3.30. The van der Waals surface area contributed by atoms with Gasteiger partial charge < -0.3 is 20.0 Å². The molecule has 6 nitrogen and oxygen atoms in total. The standard InChI is InChI=1S/2C21H27NS.C2H2O4/c2*1-2-5-17(6-3-1)18-9-13-22(14-10-18)15-11-19-7-4-8-21-20(19)12-16-23-21;3-1(4)2(5)6/h2*1-3,5-6,12,16,18-19H,4,7-11,13-15H2;(H,3,4)(H,5,6). The SMILES string of the molecule is O=C(O)C(=O)O.c1ccc(C2CCN(CCC3CCCc4sccc43)CC2)cc1.c1ccc(C2CCN(CCC3CCCc4sccc43)CC2)cc1. The van der Waals surface area contributed by atoms with Crippen molar-refractivity contribution >= 4 is 34.6 Å². The number of carbonyl (C=O) groups is 2. The molecule has 4 aromatic rings. The molecule has 2 atom stereocenters. The molecular weight excluding hydrogens is 685 g/mol. The van der Waals surface area contributed by atoms with Crippen molar-refractivity contribution in [2.45, 2.75) is 101 Å². The summed E-state index contributed by atoms with van der Waals surface area (Å²) in [6.07, 6.45) is 16.3. The van der Waals surface area contributed by atoms with Crippen molar-refractivity contribution in [3.8, 4) is 0 Å². The Balaban J connectivity index is 0.000000155. The smallest absolute Gasteiger partial charge is 0.414 e. The summed E-state index contributed by atoms with van der Waals surface area (Å²) in [7, 11) is 0. The van der Waals surface area contributed by atoms with Gasteiger partial charge in [0.2, 0.25) is 0 Å². The summed E-state index contributed by atoms with van der Waals surface area (Å²) in [5, 5.41) is 19.4. The monoisotopic (exact) mass is 740 g/mol. The van der Waals surface area contributed by atoms with E-state index in [1.165, 1.54) is 116 Å². The van der Waals surface area contributed by atoms with Gasteiger partial charge in [-0.25, -0.2) is 9.59 Å². The number of benzene rings is 2. The number of piperidine rings is 2. The average Bonchev–Trinajstić information content (AvgIpc) is 3.89. The van der Waals surface area contributed by atoms with Crippen LogP contribution >= 0.6 is 22.7 Å². The zero-order chi connectivity index (χ0) is 36.1. The topological polar surface area (TPSA) is 81.1 Å². The average molecular weight is 741 g/mol. The van der Waals surface area contributed by atoms with Crippen LogP contribution in [-0.2, 0) is 22.4 Å².